The molecule has 0 aromatic heterocycles. The highest BCUT2D eigenvalue weighted by Gasteiger charge is 2.39. The maximum Gasteiger partial charge on any atom is 0.265 e. The van der Waals surface area contributed by atoms with Crippen LogP contribution in [0.25, 0.3) is 0 Å². The summed E-state index contributed by atoms with van der Waals surface area (Å²) in [5.41, 5.74) is 6.04. The molecule has 30 heavy (non-hydrogen) atoms. The summed E-state index contributed by atoms with van der Waals surface area (Å²) >= 11 is 0. The van der Waals surface area contributed by atoms with Gasteiger partial charge in [0.25, 0.3) is 12.3 Å². The minimum Gasteiger partial charge on any atom is -0.370 e. The molecular weight excluding hydrogens is 394 g/mol. The molecule has 2 amide bonds. The first kappa shape index (κ1) is 21.1. The minimum absolute atomic E-state index is 0.0556. The smallest absolute Gasteiger partial charge is 0.265 e. The number of carbonyl (C=O) groups excluding carboxylic acids is 2. The second kappa shape index (κ2) is 8.95. The van der Waals surface area contributed by atoms with Gasteiger partial charge in [-0.1, -0.05) is 0 Å². The van der Waals surface area contributed by atoms with Crippen molar-refractivity contribution in [3.63, 3.8) is 0 Å². The van der Waals surface area contributed by atoms with Gasteiger partial charge in [0.2, 0.25) is 5.91 Å². The van der Waals surface area contributed by atoms with E-state index in [0.29, 0.717) is 30.8 Å². The second-order valence-electron chi connectivity index (χ2n) is 8.28. The van der Waals surface area contributed by atoms with Crippen molar-refractivity contribution in [3.8, 4) is 0 Å². The molecule has 1 aromatic carbocycles. The number of amides is 2. The average molecular weight is 422 g/mol. The maximum atomic E-state index is 13.8. The molecule has 1 aliphatic heterocycles. The predicted molar refractivity (Wildman–Crippen MR) is 108 cm³/mol. The van der Waals surface area contributed by atoms with Crippen molar-refractivity contribution in [2.75, 3.05) is 43.1 Å². The van der Waals surface area contributed by atoms with Crippen LogP contribution < -0.4 is 16.0 Å². The number of nitrogens with two attached hydrogens (primary N) is 1. The largest absolute Gasteiger partial charge is 0.370 e. The van der Waals surface area contributed by atoms with Crippen LogP contribution in [0.3, 0.4) is 0 Å². The van der Waals surface area contributed by atoms with E-state index in [-0.39, 0.29) is 36.2 Å². The van der Waals surface area contributed by atoms with E-state index in [1.807, 2.05) is 0 Å². The Labute approximate surface area is 174 Å². The number of hydrogen-bond acceptors (Lipinski definition) is 5. The van der Waals surface area contributed by atoms with Crippen molar-refractivity contribution in [3.05, 3.63) is 23.8 Å². The van der Waals surface area contributed by atoms with Gasteiger partial charge in [-0.3, -0.25) is 14.5 Å². The zero-order valence-corrected chi connectivity index (χ0v) is 16.9. The summed E-state index contributed by atoms with van der Waals surface area (Å²) in [4.78, 5) is 28.6. The van der Waals surface area contributed by atoms with Crippen LogP contribution in [0, 0.1) is 5.92 Å². The van der Waals surface area contributed by atoms with Gasteiger partial charge in [0.1, 0.15) is 12.6 Å². The third-order valence-electron chi connectivity index (χ3n) is 5.93. The van der Waals surface area contributed by atoms with Crippen LogP contribution >= 0.6 is 0 Å². The molecule has 0 radical (unpaired) electrons. The quantitative estimate of drug-likeness (QED) is 0.637. The molecule has 0 bridgehead atoms. The third-order valence-corrected chi connectivity index (χ3v) is 5.93. The van der Waals surface area contributed by atoms with Gasteiger partial charge in [-0.15, -0.1) is 0 Å². The Kier molecular flexibility index (Phi) is 6.31. The van der Waals surface area contributed by atoms with Gasteiger partial charge in [-0.25, -0.2) is 8.78 Å². The fourth-order valence-electron chi connectivity index (χ4n) is 3.95. The molecule has 3 N–H and O–H groups in total. The number of alkyl halides is 2. The van der Waals surface area contributed by atoms with Crippen molar-refractivity contribution in [2.45, 2.75) is 44.2 Å². The SMILES string of the molecule is NC[C@H](C(=O)Nc1ccc(N2CCOCC2=O)cc1C(F)F)N(CC1CC1)C1CC1. The Balaban J connectivity index is 1.52. The molecule has 0 spiro atoms. The average Bonchev–Trinajstić information content (AvgIpc) is 3.62. The number of nitrogens with one attached hydrogen (secondary N) is 1. The lowest BCUT2D eigenvalue weighted by Gasteiger charge is -2.30. The van der Waals surface area contributed by atoms with Gasteiger partial charge in [-0.2, -0.15) is 0 Å². The Morgan fingerprint density at radius 1 is 1.30 bits per heavy atom. The van der Waals surface area contributed by atoms with Crippen molar-refractivity contribution in [2.24, 2.45) is 11.7 Å². The molecule has 4 rings (SSSR count). The number of morpholine rings is 1. The number of anilines is 2. The summed E-state index contributed by atoms with van der Waals surface area (Å²) in [6.07, 6.45) is 1.62. The lowest BCUT2D eigenvalue weighted by molar-refractivity contribution is -0.125. The Bertz CT molecular complexity index is 798. The van der Waals surface area contributed by atoms with E-state index in [0.717, 1.165) is 19.4 Å². The topological polar surface area (TPSA) is 87.9 Å². The normalized spacial score (nSPS) is 20.7. The molecule has 3 fully saturated rings. The number of hydrogen-bond donors (Lipinski definition) is 2. The number of rotatable bonds is 9. The Morgan fingerprint density at radius 2 is 2.07 bits per heavy atom. The van der Waals surface area contributed by atoms with Gasteiger partial charge in [0, 0.05) is 42.6 Å². The van der Waals surface area contributed by atoms with Gasteiger partial charge < -0.3 is 20.7 Å². The van der Waals surface area contributed by atoms with Crippen LogP contribution in [-0.4, -0.2) is 61.6 Å². The molecule has 9 heteroatoms. The van der Waals surface area contributed by atoms with Gasteiger partial charge in [-0.05, 0) is 49.8 Å². The van der Waals surface area contributed by atoms with Crippen molar-refractivity contribution < 1.29 is 23.1 Å². The molecule has 2 aliphatic carbocycles. The van der Waals surface area contributed by atoms with Gasteiger partial charge >= 0.3 is 0 Å². The summed E-state index contributed by atoms with van der Waals surface area (Å²) in [6.45, 7) is 1.56. The summed E-state index contributed by atoms with van der Waals surface area (Å²) in [7, 11) is 0. The van der Waals surface area contributed by atoms with E-state index >= 15 is 0 Å². The van der Waals surface area contributed by atoms with Crippen molar-refractivity contribution in [1.29, 1.82) is 0 Å². The van der Waals surface area contributed by atoms with Crippen LogP contribution in [0.4, 0.5) is 20.2 Å². The zero-order valence-electron chi connectivity index (χ0n) is 16.9. The van der Waals surface area contributed by atoms with Crippen LogP contribution in [0.1, 0.15) is 37.7 Å². The molecule has 1 saturated heterocycles. The standard InChI is InChI=1S/C21H28F2N4O3/c22-20(23)16-9-15(26-7-8-30-12-19(26)28)5-6-17(16)25-21(29)18(10-24)27(14-3-4-14)11-13-1-2-13/h5-6,9,13-14,18,20H,1-4,7-8,10-12,24H2,(H,25,29)/t18-/m1/s1. The van der Waals surface area contributed by atoms with E-state index < -0.39 is 12.5 Å². The third kappa shape index (κ3) is 4.79. The molecule has 1 atom stereocenters. The first-order valence-electron chi connectivity index (χ1n) is 10.5. The molecule has 1 heterocycles. The van der Waals surface area contributed by atoms with Crippen LogP contribution in [0.15, 0.2) is 18.2 Å². The molecule has 7 nitrogen and oxygen atoms in total. The lowest BCUT2D eigenvalue weighted by atomic mass is 10.1. The number of nitrogens with zero attached hydrogens (tertiary/aromatic N) is 2. The summed E-state index contributed by atoms with van der Waals surface area (Å²) < 4.78 is 32.6. The monoisotopic (exact) mass is 422 g/mol. The van der Waals surface area contributed by atoms with E-state index in [4.69, 9.17) is 10.5 Å². The molecule has 2 saturated carbocycles. The first-order valence-corrected chi connectivity index (χ1v) is 10.5. The number of benzene rings is 1. The maximum absolute atomic E-state index is 13.8. The summed E-state index contributed by atoms with van der Waals surface area (Å²) in [6, 6.07) is 4.10. The molecular formula is C21H28F2N4O3. The van der Waals surface area contributed by atoms with Gasteiger partial charge in [0.05, 0.1) is 6.61 Å². The highest BCUT2D eigenvalue weighted by Crippen LogP contribution is 2.37. The van der Waals surface area contributed by atoms with Crippen molar-refractivity contribution >= 4 is 23.2 Å². The fraction of sp³-hybridized carbons (Fsp3) is 0.619. The lowest BCUT2D eigenvalue weighted by Crippen LogP contribution is -2.50. The number of halogens is 2. The highest BCUT2D eigenvalue weighted by atomic mass is 19.3. The van der Waals surface area contributed by atoms with Crippen LogP contribution in [0.5, 0.6) is 0 Å². The van der Waals surface area contributed by atoms with Crippen molar-refractivity contribution in [1.82, 2.24) is 4.90 Å². The Morgan fingerprint density at radius 3 is 2.67 bits per heavy atom. The predicted octanol–water partition coefficient (Wildman–Crippen LogP) is 2.13. The van der Waals surface area contributed by atoms with E-state index in [2.05, 4.69) is 10.2 Å². The molecule has 3 aliphatic rings. The Hall–Kier alpha value is -2.10. The van der Waals surface area contributed by atoms with E-state index in [1.54, 1.807) is 6.07 Å². The second-order valence-corrected chi connectivity index (χ2v) is 8.28. The molecule has 164 valence electrons. The zero-order chi connectivity index (χ0) is 21.3. The van der Waals surface area contributed by atoms with E-state index in [9.17, 15) is 18.4 Å². The first-order chi connectivity index (χ1) is 14.5. The highest BCUT2D eigenvalue weighted by molar-refractivity contribution is 5.97. The summed E-state index contributed by atoms with van der Waals surface area (Å²) in [5.74, 6) is -0.0295. The minimum atomic E-state index is -2.79. The van der Waals surface area contributed by atoms with Crippen LogP contribution in [0.2, 0.25) is 0 Å². The van der Waals surface area contributed by atoms with Crippen LogP contribution in [-0.2, 0) is 14.3 Å². The summed E-state index contributed by atoms with van der Waals surface area (Å²) in [5, 5.41) is 2.67. The fourth-order valence-corrected chi connectivity index (χ4v) is 3.95. The number of carbonyl (C=O) groups is 2. The molecule has 1 aromatic rings. The van der Waals surface area contributed by atoms with E-state index in [1.165, 1.54) is 29.9 Å². The van der Waals surface area contributed by atoms with Gasteiger partial charge in [0.15, 0.2) is 0 Å². The number of ether oxygens (including phenoxy) is 1. The molecule has 0 unspecified atom stereocenters.